The van der Waals surface area contributed by atoms with Gasteiger partial charge in [-0.15, -0.1) is 0 Å². The molecule has 0 bridgehead atoms. The van der Waals surface area contributed by atoms with E-state index in [4.69, 9.17) is 0 Å². The van der Waals surface area contributed by atoms with Crippen molar-refractivity contribution >= 4 is 27.5 Å². The molecule has 1 atom stereocenters. The first-order valence-electron chi connectivity index (χ1n) is 5.66. The second-order valence-corrected chi connectivity index (χ2v) is 4.97. The molecule has 1 amide bonds. The molecule has 1 aliphatic heterocycles. The normalized spacial score (nSPS) is 20.0. The van der Waals surface area contributed by atoms with E-state index in [9.17, 15) is 9.18 Å². The van der Waals surface area contributed by atoms with Crippen molar-refractivity contribution in [1.29, 1.82) is 0 Å². The van der Waals surface area contributed by atoms with E-state index >= 15 is 0 Å². The molecule has 1 saturated heterocycles. The van der Waals surface area contributed by atoms with Crippen molar-refractivity contribution in [2.24, 2.45) is 0 Å². The largest absolute Gasteiger partial charge is 0.325 e. The molecule has 1 heterocycles. The molecule has 1 aromatic rings. The molecule has 3 nitrogen and oxygen atoms in total. The van der Waals surface area contributed by atoms with E-state index in [0.29, 0.717) is 10.2 Å². The predicted molar refractivity (Wildman–Crippen MR) is 68.4 cm³/mol. The second kappa shape index (κ2) is 5.60. The molecular weight excluding hydrogens is 287 g/mol. The van der Waals surface area contributed by atoms with Crippen LogP contribution in [-0.2, 0) is 4.79 Å². The molecule has 92 valence electrons. The molecule has 1 fully saturated rings. The van der Waals surface area contributed by atoms with Gasteiger partial charge in [0.05, 0.1) is 10.5 Å². The molecule has 0 radical (unpaired) electrons. The lowest BCUT2D eigenvalue weighted by molar-refractivity contribution is -0.118. The fourth-order valence-electron chi connectivity index (χ4n) is 1.88. The Balaban J connectivity index is 1.99. The van der Waals surface area contributed by atoms with Crippen LogP contribution in [0.5, 0.6) is 0 Å². The highest BCUT2D eigenvalue weighted by Crippen LogP contribution is 2.20. The van der Waals surface area contributed by atoms with Crippen LogP contribution in [0.4, 0.5) is 10.1 Å². The van der Waals surface area contributed by atoms with Gasteiger partial charge in [0.15, 0.2) is 0 Å². The lowest BCUT2D eigenvalue weighted by Gasteiger charge is -2.22. The van der Waals surface area contributed by atoms with E-state index < -0.39 is 0 Å². The number of piperidine rings is 1. The topological polar surface area (TPSA) is 41.1 Å². The minimum atomic E-state index is -0.334. The van der Waals surface area contributed by atoms with Crippen molar-refractivity contribution in [3.05, 3.63) is 28.5 Å². The third-order valence-electron chi connectivity index (χ3n) is 2.81. The number of nitrogens with one attached hydrogen (secondary N) is 2. The average molecular weight is 301 g/mol. The summed E-state index contributed by atoms with van der Waals surface area (Å²) in [6.07, 6.45) is 3.04. The number of hydrogen-bond donors (Lipinski definition) is 2. The number of rotatable bonds is 2. The third kappa shape index (κ3) is 3.26. The third-order valence-corrected chi connectivity index (χ3v) is 3.42. The Morgan fingerprint density at radius 2 is 2.29 bits per heavy atom. The van der Waals surface area contributed by atoms with E-state index in [1.54, 1.807) is 12.1 Å². The maximum atomic E-state index is 13.0. The Morgan fingerprint density at radius 1 is 1.47 bits per heavy atom. The summed E-state index contributed by atoms with van der Waals surface area (Å²) in [7, 11) is 0. The van der Waals surface area contributed by atoms with Gasteiger partial charge < -0.3 is 10.6 Å². The summed E-state index contributed by atoms with van der Waals surface area (Å²) in [5.41, 5.74) is 0.607. The zero-order chi connectivity index (χ0) is 12.3. The second-order valence-electron chi connectivity index (χ2n) is 4.12. The number of halogens is 2. The van der Waals surface area contributed by atoms with Gasteiger partial charge in [0.25, 0.3) is 0 Å². The van der Waals surface area contributed by atoms with Crippen molar-refractivity contribution in [1.82, 2.24) is 5.32 Å². The van der Waals surface area contributed by atoms with Crippen LogP contribution in [0.3, 0.4) is 0 Å². The highest BCUT2D eigenvalue weighted by Gasteiger charge is 2.20. The molecular formula is C12H14BrFN2O. The van der Waals surface area contributed by atoms with Crippen LogP contribution in [-0.4, -0.2) is 18.5 Å². The van der Waals surface area contributed by atoms with Crippen molar-refractivity contribution in [3.63, 3.8) is 0 Å². The van der Waals surface area contributed by atoms with Crippen LogP contribution < -0.4 is 10.6 Å². The summed E-state index contributed by atoms with van der Waals surface area (Å²) < 4.78 is 13.4. The molecule has 17 heavy (non-hydrogen) atoms. The van der Waals surface area contributed by atoms with Crippen LogP contribution >= 0.6 is 15.9 Å². The van der Waals surface area contributed by atoms with E-state index in [-0.39, 0.29) is 17.8 Å². The first-order valence-corrected chi connectivity index (χ1v) is 6.45. The Labute approximate surface area is 108 Å². The van der Waals surface area contributed by atoms with Crippen LogP contribution in [0.15, 0.2) is 22.7 Å². The van der Waals surface area contributed by atoms with E-state index in [1.165, 1.54) is 6.07 Å². The standard InChI is InChI=1S/C12H14BrFN2O/c13-9-7-8(4-5-10(9)14)16-12(17)11-3-1-2-6-15-11/h4-5,7,11,15H,1-3,6H2,(H,16,17)/t11-/m0/s1. The maximum absolute atomic E-state index is 13.0. The zero-order valence-electron chi connectivity index (χ0n) is 9.30. The SMILES string of the molecule is O=C(Nc1ccc(F)c(Br)c1)[C@@H]1CCCCN1. The first kappa shape index (κ1) is 12.5. The number of amides is 1. The van der Waals surface area contributed by atoms with Crippen LogP contribution in [0.1, 0.15) is 19.3 Å². The van der Waals surface area contributed by atoms with Gasteiger partial charge in [-0.25, -0.2) is 4.39 Å². The number of anilines is 1. The lowest BCUT2D eigenvalue weighted by Crippen LogP contribution is -2.43. The van der Waals surface area contributed by atoms with Gasteiger partial charge in [0, 0.05) is 5.69 Å². The molecule has 0 saturated carbocycles. The highest BCUT2D eigenvalue weighted by atomic mass is 79.9. The van der Waals surface area contributed by atoms with Gasteiger partial charge >= 0.3 is 0 Å². The Morgan fingerprint density at radius 3 is 2.94 bits per heavy atom. The van der Waals surface area contributed by atoms with Crippen molar-refractivity contribution in [3.8, 4) is 0 Å². The van der Waals surface area contributed by atoms with Crippen molar-refractivity contribution < 1.29 is 9.18 Å². The van der Waals surface area contributed by atoms with E-state index in [2.05, 4.69) is 26.6 Å². The molecule has 0 spiro atoms. The number of benzene rings is 1. The van der Waals surface area contributed by atoms with Gasteiger partial charge in [-0.1, -0.05) is 6.42 Å². The summed E-state index contributed by atoms with van der Waals surface area (Å²) in [5, 5.41) is 5.95. The fourth-order valence-corrected chi connectivity index (χ4v) is 2.26. The average Bonchev–Trinajstić information content (AvgIpc) is 2.35. The molecule has 0 unspecified atom stereocenters. The molecule has 2 N–H and O–H groups in total. The molecule has 0 aromatic heterocycles. The van der Waals surface area contributed by atoms with Crippen LogP contribution in [0, 0.1) is 5.82 Å². The number of carbonyl (C=O) groups excluding carboxylic acids is 1. The molecule has 5 heteroatoms. The molecule has 0 aliphatic carbocycles. The van der Waals surface area contributed by atoms with Crippen LogP contribution in [0.25, 0.3) is 0 Å². The summed E-state index contributed by atoms with van der Waals surface area (Å²) in [6, 6.07) is 4.32. The van der Waals surface area contributed by atoms with Gasteiger partial charge in [-0.05, 0) is 53.5 Å². The summed E-state index contributed by atoms with van der Waals surface area (Å²) in [5.74, 6) is -0.387. The summed E-state index contributed by atoms with van der Waals surface area (Å²) >= 11 is 3.09. The number of carbonyl (C=O) groups is 1. The minimum absolute atomic E-state index is 0.0526. The van der Waals surface area contributed by atoms with Gasteiger partial charge in [-0.3, -0.25) is 4.79 Å². The van der Waals surface area contributed by atoms with Gasteiger partial charge in [-0.2, -0.15) is 0 Å². The fraction of sp³-hybridized carbons (Fsp3) is 0.417. The minimum Gasteiger partial charge on any atom is -0.325 e. The Bertz CT molecular complexity index is 419. The van der Waals surface area contributed by atoms with Crippen LogP contribution in [0.2, 0.25) is 0 Å². The first-order chi connectivity index (χ1) is 8.16. The highest BCUT2D eigenvalue weighted by molar-refractivity contribution is 9.10. The number of hydrogen-bond acceptors (Lipinski definition) is 2. The Hall–Kier alpha value is -0.940. The lowest BCUT2D eigenvalue weighted by atomic mass is 10.0. The Kier molecular flexibility index (Phi) is 4.12. The predicted octanol–water partition coefficient (Wildman–Crippen LogP) is 2.67. The van der Waals surface area contributed by atoms with E-state index in [1.807, 2.05) is 0 Å². The maximum Gasteiger partial charge on any atom is 0.241 e. The van der Waals surface area contributed by atoms with E-state index in [0.717, 1.165) is 25.8 Å². The monoisotopic (exact) mass is 300 g/mol. The quantitative estimate of drug-likeness (QED) is 0.882. The van der Waals surface area contributed by atoms with Gasteiger partial charge in [0.2, 0.25) is 5.91 Å². The molecule has 2 rings (SSSR count). The molecule has 1 aromatic carbocycles. The molecule has 1 aliphatic rings. The van der Waals surface area contributed by atoms with Gasteiger partial charge in [0.1, 0.15) is 5.82 Å². The summed E-state index contributed by atoms with van der Waals surface area (Å²) in [6.45, 7) is 0.880. The smallest absolute Gasteiger partial charge is 0.241 e. The summed E-state index contributed by atoms with van der Waals surface area (Å²) in [4.78, 5) is 11.9. The van der Waals surface area contributed by atoms with Crippen molar-refractivity contribution in [2.75, 3.05) is 11.9 Å². The zero-order valence-corrected chi connectivity index (χ0v) is 10.9. The van der Waals surface area contributed by atoms with Crippen molar-refractivity contribution in [2.45, 2.75) is 25.3 Å².